The fourth-order valence-electron chi connectivity index (χ4n) is 1.52. The summed E-state index contributed by atoms with van der Waals surface area (Å²) in [5.74, 6) is -3.13. The van der Waals surface area contributed by atoms with Crippen LogP contribution in [0.2, 0.25) is 0 Å². The molecule has 0 amide bonds. The lowest BCUT2D eigenvalue weighted by atomic mass is 10.2. The Morgan fingerprint density at radius 2 is 1.62 bits per heavy atom. The van der Waals surface area contributed by atoms with Gasteiger partial charge in [-0.2, -0.15) is 0 Å². The van der Waals surface area contributed by atoms with Crippen molar-refractivity contribution < 1.29 is 29.4 Å². The highest BCUT2D eigenvalue weighted by Crippen LogP contribution is 2.25. The minimum absolute atomic E-state index is 0.123. The Labute approximate surface area is 99.1 Å². The number of carboxylic acids is 2. The van der Waals surface area contributed by atoms with Gasteiger partial charge in [0.2, 0.25) is 0 Å². The normalized spacial score (nSPS) is 25.3. The Hall–Kier alpha value is -1.15. The van der Waals surface area contributed by atoms with Crippen LogP contribution in [0, 0.1) is 0 Å². The van der Waals surface area contributed by atoms with Gasteiger partial charge in [-0.05, 0) is 12.8 Å². The largest absolute Gasteiger partial charge is 0.480 e. The van der Waals surface area contributed by atoms with E-state index in [1.54, 1.807) is 0 Å². The molecular formula is C8H10BrNO6. The summed E-state index contributed by atoms with van der Waals surface area (Å²) in [5, 5.41) is 18.3. The van der Waals surface area contributed by atoms with Crippen LogP contribution < -0.4 is 0 Å². The number of hydrogen-bond donors (Lipinski definition) is 2. The number of carbonyl (C=O) groups is 3. The van der Waals surface area contributed by atoms with Crippen LogP contribution in [-0.2, 0) is 19.2 Å². The first-order chi connectivity index (χ1) is 7.47. The van der Waals surface area contributed by atoms with E-state index in [0.29, 0.717) is 0 Å². The van der Waals surface area contributed by atoms with Crippen LogP contribution in [0.15, 0.2) is 0 Å². The Morgan fingerprint density at radius 1 is 1.19 bits per heavy atom. The van der Waals surface area contributed by atoms with Gasteiger partial charge in [0.05, 0.1) is 0 Å². The van der Waals surface area contributed by atoms with Gasteiger partial charge in [-0.3, -0.25) is 9.59 Å². The molecule has 1 fully saturated rings. The van der Waals surface area contributed by atoms with E-state index in [1.165, 1.54) is 0 Å². The van der Waals surface area contributed by atoms with Crippen LogP contribution in [-0.4, -0.2) is 50.6 Å². The van der Waals surface area contributed by atoms with Crippen molar-refractivity contribution in [2.75, 3.05) is 5.33 Å². The summed E-state index contributed by atoms with van der Waals surface area (Å²) in [6, 6.07) is -2.19. The molecule has 0 aromatic rings. The van der Waals surface area contributed by atoms with Crippen molar-refractivity contribution in [3.05, 3.63) is 0 Å². The Morgan fingerprint density at radius 3 is 1.94 bits per heavy atom. The van der Waals surface area contributed by atoms with Crippen LogP contribution in [0.4, 0.5) is 0 Å². The summed E-state index contributed by atoms with van der Waals surface area (Å²) < 4.78 is 0. The molecule has 0 aromatic heterocycles. The first-order valence-corrected chi connectivity index (χ1v) is 5.60. The molecule has 8 heteroatoms. The molecule has 2 atom stereocenters. The molecule has 0 aromatic carbocycles. The lowest BCUT2D eigenvalue weighted by Crippen LogP contribution is -2.45. The second kappa shape index (κ2) is 5.26. The third kappa shape index (κ3) is 2.70. The minimum atomic E-state index is -1.20. The summed E-state index contributed by atoms with van der Waals surface area (Å²) in [6.07, 6.45) is 0.281. The number of hydroxylamine groups is 2. The molecule has 90 valence electrons. The lowest BCUT2D eigenvalue weighted by Gasteiger charge is -2.23. The van der Waals surface area contributed by atoms with Gasteiger partial charge in [0, 0.05) is 0 Å². The van der Waals surface area contributed by atoms with Gasteiger partial charge >= 0.3 is 17.9 Å². The molecule has 1 aliphatic heterocycles. The first-order valence-electron chi connectivity index (χ1n) is 4.48. The molecule has 0 saturated carbocycles. The van der Waals surface area contributed by atoms with Crippen LogP contribution in [0.25, 0.3) is 0 Å². The van der Waals surface area contributed by atoms with Crippen molar-refractivity contribution in [2.24, 2.45) is 0 Å². The van der Waals surface area contributed by atoms with Gasteiger partial charge in [-0.25, -0.2) is 4.79 Å². The molecule has 1 saturated heterocycles. The number of hydrogen-bond acceptors (Lipinski definition) is 5. The summed E-state index contributed by atoms with van der Waals surface area (Å²) in [7, 11) is 0. The van der Waals surface area contributed by atoms with Gasteiger partial charge in [0.25, 0.3) is 0 Å². The highest BCUT2D eigenvalue weighted by molar-refractivity contribution is 9.09. The SMILES string of the molecule is O=C(CBr)ON1C(C(=O)O)CCC1C(=O)O. The molecule has 7 nitrogen and oxygen atoms in total. The number of alkyl halides is 1. The van der Waals surface area contributed by atoms with Gasteiger partial charge in [0.15, 0.2) is 0 Å². The topological polar surface area (TPSA) is 104 Å². The number of carbonyl (C=O) groups excluding carboxylic acids is 1. The van der Waals surface area contributed by atoms with E-state index in [-0.39, 0.29) is 18.2 Å². The summed E-state index contributed by atoms with van der Waals surface area (Å²) in [4.78, 5) is 37.3. The van der Waals surface area contributed by atoms with E-state index >= 15 is 0 Å². The predicted octanol–water partition coefficient (Wildman–Crippen LogP) is -0.158. The van der Waals surface area contributed by atoms with Gasteiger partial charge in [-0.1, -0.05) is 15.9 Å². The molecular weight excluding hydrogens is 286 g/mol. The van der Waals surface area contributed by atoms with Crippen molar-refractivity contribution in [2.45, 2.75) is 24.9 Å². The number of aliphatic carboxylic acids is 2. The maximum atomic E-state index is 11.0. The third-order valence-corrected chi connectivity index (χ3v) is 2.67. The van der Waals surface area contributed by atoms with Crippen molar-refractivity contribution in [3.8, 4) is 0 Å². The highest BCUT2D eigenvalue weighted by atomic mass is 79.9. The fourth-order valence-corrected chi connectivity index (χ4v) is 1.62. The van der Waals surface area contributed by atoms with E-state index in [2.05, 4.69) is 15.9 Å². The zero-order chi connectivity index (χ0) is 12.3. The minimum Gasteiger partial charge on any atom is -0.480 e. The summed E-state index contributed by atoms with van der Waals surface area (Å²) >= 11 is 2.84. The first kappa shape index (κ1) is 12.9. The van der Waals surface area contributed by atoms with Crippen LogP contribution >= 0.6 is 15.9 Å². The van der Waals surface area contributed by atoms with E-state index < -0.39 is 30.0 Å². The average molecular weight is 296 g/mol. The van der Waals surface area contributed by atoms with Crippen molar-refractivity contribution in [3.63, 3.8) is 0 Å². The predicted molar refractivity (Wildman–Crippen MR) is 53.8 cm³/mol. The molecule has 0 radical (unpaired) electrons. The molecule has 16 heavy (non-hydrogen) atoms. The van der Waals surface area contributed by atoms with E-state index in [4.69, 9.17) is 15.1 Å². The Balaban J connectivity index is 2.80. The molecule has 2 unspecified atom stereocenters. The van der Waals surface area contributed by atoms with Crippen LogP contribution in [0.5, 0.6) is 0 Å². The second-order valence-corrected chi connectivity index (χ2v) is 3.80. The van der Waals surface area contributed by atoms with E-state index in [9.17, 15) is 14.4 Å². The maximum absolute atomic E-state index is 11.0. The maximum Gasteiger partial charge on any atom is 0.335 e. The Kier molecular flexibility index (Phi) is 4.25. The molecule has 0 bridgehead atoms. The second-order valence-electron chi connectivity index (χ2n) is 3.24. The summed E-state index contributed by atoms with van der Waals surface area (Å²) in [6.45, 7) is 0. The van der Waals surface area contributed by atoms with E-state index in [1.807, 2.05) is 0 Å². The van der Waals surface area contributed by atoms with Crippen molar-refractivity contribution >= 4 is 33.8 Å². The molecule has 0 aliphatic carbocycles. The lowest BCUT2D eigenvalue weighted by molar-refractivity contribution is -0.209. The number of rotatable bonds is 4. The monoisotopic (exact) mass is 295 g/mol. The third-order valence-electron chi connectivity index (χ3n) is 2.21. The van der Waals surface area contributed by atoms with Gasteiger partial charge in [-0.15, -0.1) is 5.06 Å². The zero-order valence-corrected chi connectivity index (χ0v) is 9.71. The number of halogens is 1. The summed E-state index contributed by atoms with van der Waals surface area (Å²) in [5.41, 5.74) is 0. The van der Waals surface area contributed by atoms with Gasteiger partial charge in [0.1, 0.15) is 17.4 Å². The molecule has 1 rings (SSSR count). The standard InChI is InChI=1S/C8H10BrNO6/c9-3-6(11)16-10-4(7(12)13)1-2-5(10)8(14)15/h4-5H,1-3H2,(H,12,13)(H,14,15). The van der Waals surface area contributed by atoms with Crippen molar-refractivity contribution in [1.29, 1.82) is 0 Å². The van der Waals surface area contributed by atoms with Crippen LogP contribution in [0.1, 0.15) is 12.8 Å². The smallest absolute Gasteiger partial charge is 0.335 e. The quantitative estimate of drug-likeness (QED) is 0.695. The molecule has 0 spiro atoms. The molecule has 1 heterocycles. The molecule has 2 N–H and O–H groups in total. The van der Waals surface area contributed by atoms with E-state index in [0.717, 1.165) is 5.06 Å². The van der Waals surface area contributed by atoms with Crippen molar-refractivity contribution in [1.82, 2.24) is 5.06 Å². The fraction of sp³-hybridized carbons (Fsp3) is 0.625. The van der Waals surface area contributed by atoms with Crippen LogP contribution in [0.3, 0.4) is 0 Å². The molecule has 1 aliphatic rings. The average Bonchev–Trinajstić information content (AvgIpc) is 2.61. The van der Waals surface area contributed by atoms with Gasteiger partial charge < -0.3 is 15.1 Å². The zero-order valence-electron chi connectivity index (χ0n) is 8.13. The Bertz CT molecular complexity index is 298. The number of nitrogens with zero attached hydrogens (tertiary/aromatic N) is 1. The number of carboxylic acid groups (broad SMARTS) is 2. The highest BCUT2D eigenvalue weighted by Gasteiger charge is 2.44.